The number of nitrogens with zero attached hydrogens (tertiary/aromatic N) is 2. The Hall–Kier alpha value is -1.58. The number of aryl methyl sites for hydroxylation is 1. The van der Waals surface area contributed by atoms with Crippen LogP contribution in [0, 0.1) is 6.92 Å². The molecular formula is C11H13N3O. The molecule has 2 aromatic heterocycles. The van der Waals surface area contributed by atoms with Gasteiger partial charge >= 0.3 is 0 Å². The average Bonchev–Trinajstić information content (AvgIpc) is 2.42. The Morgan fingerprint density at radius 1 is 1.47 bits per heavy atom. The summed E-state index contributed by atoms with van der Waals surface area (Å²) in [5.74, 6) is 0.512. The van der Waals surface area contributed by atoms with Crippen LogP contribution in [0.1, 0.15) is 36.6 Å². The van der Waals surface area contributed by atoms with Crippen molar-refractivity contribution in [3.63, 3.8) is 0 Å². The maximum absolute atomic E-state index is 11.7. The number of nitrogens with one attached hydrogen (secondary N) is 1. The first-order valence-corrected chi connectivity index (χ1v) is 5.33. The van der Waals surface area contributed by atoms with Crippen LogP contribution < -0.4 is 5.56 Å². The van der Waals surface area contributed by atoms with Crippen molar-refractivity contribution in [3.05, 3.63) is 33.9 Å². The first kappa shape index (κ1) is 8.71. The number of H-pyrrole nitrogens is 1. The molecule has 0 aromatic carbocycles. The van der Waals surface area contributed by atoms with Crippen LogP contribution in [0.3, 0.4) is 0 Å². The largest absolute Gasteiger partial charge is 0.294 e. The normalized spacial score (nSPS) is 16.9. The van der Waals surface area contributed by atoms with Crippen LogP contribution in [0.2, 0.25) is 0 Å². The van der Waals surface area contributed by atoms with Crippen molar-refractivity contribution < 1.29 is 0 Å². The monoisotopic (exact) mass is 203 g/mol. The first-order valence-electron chi connectivity index (χ1n) is 5.33. The summed E-state index contributed by atoms with van der Waals surface area (Å²) in [6.07, 6.45) is 3.61. The van der Waals surface area contributed by atoms with Crippen molar-refractivity contribution >= 4 is 5.65 Å². The van der Waals surface area contributed by atoms with Gasteiger partial charge in [0.05, 0.1) is 5.69 Å². The highest BCUT2D eigenvalue weighted by atomic mass is 16.1. The molecule has 0 aliphatic heterocycles. The first-order chi connectivity index (χ1) is 7.24. The number of aromatic amines is 1. The predicted molar refractivity (Wildman–Crippen MR) is 57.1 cm³/mol. The number of hydrogen-bond acceptors (Lipinski definition) is 2. The van der Waals surface area contributed by atoms with Crippen molar-refractivity contribution in [2.24, 2.45) is 0 Å². The number of fused-ring (bicyclic) bond motifs is 1. The molecule has 3 rings (SSSR count). The van der Waals surface area contributed by atoms with E-state index in [0.717, 1.165) is 17.0 Å². The van der Waals surface area contributed by atoms with Crippen LogP contribution in [-0.4, -0.2) is 14.6 Å². The molecule has 0 unspecified atom stereocenters. The van der Waals surface area contributed by atoms with Gasteiger partial charge in [-0.15, -0.1) is 0 Å². The van der Waals surface area contributed by atoms with Gasteiger partial charge in [0, 0.05) is 23.7 Å². The zero-order valence-corrected chi connectivity index (χ0v) is 8.66. The summed E-state index contributed by atoms with van der Waals surface area (Å²) >= 11 is 0. The van der Waals surface area contributed by atoms with E-state index in [4.69, 9.17) is 0 Å². The van der Waals surface area contributed by atoms with Crippen molar-refractivity contribution in [1.29, 1.82) is 0 Å². The lowest BCUT2D eigenvalue weighted by molar-refractivity contribution is 0.411. The quantitative estimate of drug-likeness (QED) is 0.765. The van der Waals surface area contributed by atoms with Gasteiger partial charge in [-0.25, -0.2) is 9.50 Å². The van der Waals surface area contributed by atoms with Crippen LogP contribution in [0.25, 0.3) is 5.65 Å². The number of rotatable bonds is 1. The van der Waals surface area contributed by atoms with E-state index < -0.39 is 0 Å². The summed E-state index contributed by atoms with van der Waals surface area (Å²) in [5.41, 5.74) is 2.66. The maximum atomic E-state index is 11.7. The van der Waals surface area contributed by atoms with E-state index in [-0.39, 0.29) is 5.56 Å². The van der Waals surface area contributed by atoms with Crippen molar-refractivity contribution in [2.75, 3.05) is 0 Å². The summed E-state index contributed by atoms with van der Waals surface area (Å²) in [6.45, 7) is 1.93. The SMILES string of the molecule is Cc1cc2nc(C3CCC3)cc(=O)n2[nH]1. The minimum Gasteiger partial charge on any atom is -0.294 e. The van der Waals surface area contributed by atoms with E-state index in [0.29, 0.717) is 5.92 Å². The molecule has 1 saturated carbocycles. The second-order valence-electron chi connectivity index (χ2n) is 4.28. The van der Waals surface area contributed by atoms with Gasteiger partial charge in [-0.05, 0) is 19.8 Å². The second-order valence-corrected chi connectivity index (χ2v) is 4.28. The topological polar surface area (TPSA) is 50.2 Å². The zero-order valence-electron chi connectivity index (χ0n) is 8.66. The smallest absolute Gasteiger partial charge is 0.272 e. The molecule has 1 fully saturated rings. The molecule has 15 heavy (non-hydrogen) atoms. The van der Waals surface area contributed by atoms with Gasteiger partial charge in [0.15, 0.2) is 5.65 Å². The van der Waals surface area contributed by atoms with Gasteiger partial charge in [0.1, 0.15) is 0 Å². The lowest BCUT2D eigenvalue weighted by atomic mass is 9.83. The zero-order chi connectivity index (χ0) is 10.4. The molecule has 4 heteroatoms. The third-order valence-electron chi connectivity index (χ3n) is 3.12. The highest BCUT2D eigenvalue weighted by Crippen LogP contribution is 2.34. The molecule has 2 heterocycles. The van der Waals surface area contributed by atoms with E-state index in [9.17, 15) is 4.79 Å². The average molecular weight is 203 g/mol. The van der Waals surface area contributed by atoms with Crippen LogP contribution in [0.4, 0.5) is 0 Å². The number of hydrogen-bond donors (Lipinski definition) is 1. The third kappa shape index (κ3) is 1.28. The predicted octanol–water partition coefficient (Wildman–Crippen LogP) is 1.60. The molecule has 0 radical (unpaired) electrons. The lowest BCUT2D eigenvalue weighted by Crippen LogP contribution is -2.19. The molecule has 1 N–H and O–H groups in total. The fourth-order valence-corrected chi connectivity index (χ4v) is 2.04. The molecule has 1 aliphatic carbocycles. The fourth-order valence-electron chi connectivity index (χ4n) is 2.04. The molecule has 0 saturated heterocycles. The van der Waals surface area contributed by atoms with E-state index in [1.807, 2.05) is 13.0 Å². The van der Waals surface area contributed by atoms with Gasteiger partial charge in [0.25, 0.3) is 5.56 Å². The van der Waals surface area contributed by atoms with E-state index in [1.165, 1.54) is 23.8 Å². The lowest BCUT2D eigenvalue weighted by Gasteiger charge is -2.24. The van der Waals surface area contributed by atoms with Gasteiger partial charge < -0.3 is 0 Å². The Balaban J connectivity index is 2.21. The van der Waals surface area contributed by atoms with Crippen LogP contribution in [0.15, 0.2) is 16.9 Å². The van der Waals surface area contributed by atoms with Gasteiger partial charge in [-0.3, -0.25) is 9.89 Å². The van der Waals surface area contributed by atoms with Crippen LogP contribution in [0.5, 0.6) is 0 Å². The molecular weight excluding hydrogens is 190 g/mol. The second kappa shape index (κ2) is 2.95. The molecule has 0 amide bonds. The van der Waals surface area contributed by atoms with E-state index in [2.05, 4.69) is 10.1 Å². The Bertz CT molecular complexity index is 563. The molecule has 1 aliphatic rings. The Morgan fingerprint density at radius 3 is 2.93 bits per heavy atom. The highest BCUT2D eigenvalue weighted by Gasteiger charge is 2.21. The van der Waals surface area contributed by atoms with Crippen LogP contribution >= 0.6 is 0 Å². The van der Waals surface area contributed by atoms with Crippen molar-refractivity contribution in [3.8, 4) is 0 Å². The van der Waals surface area contributed by atoms with Gasteiger partial charge in [-0.1, -0.05) is 6.42 Å². The summed E-state index contributed by atoms with van der Waals surface area (Å²) in [7, 11) is 0. The highest BCUT2D eigenvalue weighted by molar-refractivity contribution is 5.40. The molecule has 0 bridgehead atoms. The molecule has 4 nitrogen and oxygen atoms in total. The Morgan fingerprint density at radius 2 is 2.27 bits per heavy atom. The maximum Gasteiger partial charge on any atom is 0.272 e. The molecule has 0 spiro atoms. The van der Waals surface area contributed by atoms with Crippen LogP contribution in [-0.2, 0) is 0 Å². The molecule has 2 aromatic rings. The minimum absolute atomic E-state index is 0.00463. The summed E-state index contributed by atoms with van der Waals surface area (Å²) in [5, 5.41) is 2.97. The Kier molecular flexibility index (Phi) is 1.71. The standard InChI is InChI=1S/C11H13N3O/c1-7-5-10-12-9(8-3-2-4-8)6-11(15)14(10)13-7/h5-6,8,13H,2-4H2,1H3. The molecule has 78 valence electrons. The fraction of sp³-hybridized carbons (Fsp3) is 0.455. The summed E-state index contributed by atoms with van der Waals surface area (Å²) in [4.78, 5) is 16.3. The Labute approximate surface area is 86.9 Å². The minimum atomic E-state index is -0.00463. The third-order valence-corrected chi connectivity index (χ3v) is 3.12. The van der Waals surface area contributed by atoms with Gasteiger partial charge in [-0.2, -0.15) is 0 Å². The molecule has 0 atom stereocenters. The van der Waals surface area contributed by atoms with E-state index in [1.54, 1.807) is 6.07 Å². The van der Waals surface area contributed by atoms with Crippen molar-refractivity contribution in [1.82, 2.24) is 14.6 Å². The number of aromatic nitrogens is 3. The summed E-state index contributed by atoms with van der Waals surface area (Å²) in [6, 6.07) is 3.57. The van der Waals surface area contributed by atoms with Gasteiger partial charge in [0.2, 0.25) is 0 Å². The summed E-state index contributed by atoms with van der Waals surface area (Å²) < 4.78 is 1.50. The van der Waals surface area contributed by atoms with E-state index >= 15 is 0 Å². The van der Waals surface area contributed by atoms with Crippen molar-refractivity contribution in [2.45, 2.75) is 32.1 Å².